The van der Waals surface area contributed by atoms with Gasteiger partial charge in [-0.25, -0.2) is 4.79 Å². The summed E-state index contributed by atoms with van der Waals surface area (Å²) in [7, 11) is 1.86. The van der Waals surface area contributed by atoms with Gasteiger partial charge in [0.25, 0.3) is 0 Å². The molecule has 1 saturated heterocycles. The van der Waals surface area contributed by atoms with Crippen LogP contribution in [0.25, 0.3) is 10.9 Å². The van der Waals surface area contributed by atoms with Gasteiger partial charge in [0.1, 0.15) is 42.0 Å². The highest BCUT2D eigenvalue weighted by Crippen LogP contribution is 2.25. The summed E-state index contributed by atoms with van der Waals surface area (Å²) in [6, 6.07) is 9.98. The van der Waals surface area contributed by atoms with Gasteiger partial charge in [-0.2, -0.15) is 0 Å². The SMILES string of the molecule is C[C@@H](O)C1NC(=O)[C@H](CCCCN)NC(=O)C(Cc2c[nH]c3ccccc23)NC(=O)[C@H](Cc2ccc(O)cc2)NC(=O)C(NC(=O)[C@H](N)Cc2ccccc2)CSSCC(C(=O)N[C@H](C(=O)O)[C@@H](C)O)NC1=O. The van der Waals surface area contributed by atoms with Crippen molar-refractivity contribution in [3.63, 3.8) is 0 Å². The van der Waals surface area contributed by atoms with Crippen LogP contribution in [0.5, 0.6) is 5.75 Å². The van der Waals surface area contributed by atoms with Crippen LogP contribution < -0.4 is 48.7 Å². The number of carbonyl (C=O) groups is 8. The van der Waals surface area contributed by atoms with E-state index in [0.717, 1.165) is 45.0 Å². The molecule has 0 saturated carbocycles. The van der Waals surface area contributed by atoms with Gasteiger partial charge in [-0.15, -0.1) is 0 Å². The van der Waals surface area contributed by atoms with Gasteiger partial charge in [-0.1, -0.05) is 82.3 Å². The summed E-state index contributed by atoms with van der Waals surface area (Å²) in [5, 5.41) is 59.6. The van der Waals surface area contributed by atoms with Gasteiger partial charge in [-0.3, -0.25) is 33.6 Å². The fraction of sp³-hybridized carbons (Fsp3) is 0.429. The van der Waals surface area contributed by atoms with E-state index in [2.05, 4.69) is 42.2 Å². The monoisotopic (exact) mass is 1050 g/mol. The standard InChI is InChI=1S/C49H64N10O12S2/c1-26(60)40-48(69)57-39(47(68)59-41(27(2)61)49(70)71)25-73-72-24-38(56-42(63)33(51)20-28-10-4-3-5-11-28)46(67)54-36(21-29-15-17-31(62)18-16-29)44(65)55-37(22-30-23-52-34-13-7-6-12-32(30)34)45(66)53-35(43(64)58-40)14-8-9-19-50/h3-7,10-13,15-18,23,26-27,33,35-41,52,60-62H,8-9,14,19-22,24-25,50-51H2,1-2H3,(H,53,66)(H,54,67)(H,55,65)(H,56,63)(H,57,69)(H,58,64)(H,59,68)(H,70,71)/t26-,27-,33-,35+,36+,37?,38?,39?,40?,41+/m1/s1. The van der Waals surface area contributed by atoms with Gasteiger partial charge in [0.15, 0.2) is 6.04 Å². The molecule has 7 amide bonds. The first-order valence-electron chi connectivity index (χ1n) is 23.6. The first kappa shape index (κ1) is 57.2. The molecule has 73 heavy (non-hydrogen) atoms. The van der Waals surface area contributed by atoms with Crippen LogP contribution in [0.1, 0.15) is 49.8 Å². The fourth-order valence-corrected chi connectivity index (χ4v) is 10.1. The minimum absolute atomic E-state index is 0.0207. The van der Waals surface area contributed by atoms with E-state index in [0.29, 0.717) is 24.0 Å². The molecule has 0 aliphatic carbocycles. The summed E-state index contributed by atoms with van der Waals surface area (Å²) < 4.78 is 0. The number of nitrogens with two attached hydrogens (primary N) is 2. The van der Waals surface area contributed by atoms with E-state index < -0.39 is 108 Å². The highest BCUT2D eigenvalue weighted by Gasteiger charge is 2.37. The Morgan fingerprint density at radius 1 is 0.726 bits per heavy atom. The third kappa shape index (κ3) is 17.2. The Morgan fingerprint density at radius 3 is 2.00 bits per heavy atom. The molecule has 0 radical (unpaired) electrons. The van der Waals surface area contributed by atoms with E-state index in [1.807, 2.05) is 18.2 Å². The van der Waals surface area contributed by atoms with Crippen molar-refractivity contribution in [2.24, 2.45) is 11.5 Å². The molecule has 394 valence electrons. The number of aliphatic carboxylic acids is 1. The van der Waals surface area contributed by atoms with E-state index in [4.69, 9.17) is 11.5 Å². The lowest BCUT2D eigenvalue weighted by atomic mass is 10.0. The topological polar surface area (TPSA) is 370 Å². The molecule has 1 aliphatic heterocycles. The van der Waals surface area contributed by atoms with E-state index in [1.165, 1.54) is 31.2 Å². The number of aromatic amines is 1. The molecule has 1 aliphatic rings. The van der Waals surface area contributed by atoms with Gasteiger partial charge in [0, 0.05) is 41.4 Å². The van der Waals surface area contributed by atoms with E-state index in [-0.39, 0.29) is 49.5 Å². The number of para-hydroxylation sites is 1. The number of carboxylic acid groups (broad SMARTS) is 1. The molecule has 4 unspecified atom stereocenters. The molecule has 0 spiro atoms. The lowest BCUT2D eigenvalue weighted by molar-refractivity contribution is -0.145. The third-order valence-corrected chi connectivity index (χ3v) is 14.3. The molecule has 24 heteroatoms. The molecular formula is C49H64N10O12S2. The summed E-state index contributed by atoms with van der Waals surface area (Å²) >= 11 is 0. The Bertz CT molecular complexity index is 2530. The molecule has 5 rings (SSSR count). The third-order valence-electron chi connectivity index (χ3n) is 11.9. The average Bonchev–Trinajstić information content (AvgIpc) is 3.76. The fourth-order valence-electron chi connectivity index (χ4n) is 7.79. The summed E-state index contributed by atoms with van der Waals surface area (Å²) in [5.41, 5.74) is 14.7. The van der Waals surface area contributed by atoms with Gasteiger partial charge >= 0.3 is 5.97 Å². The van der Waals surface area contributed by atoms with Crippen molar-refractivity contribution in [2.75, 3.05) is 18.1 Å². The van der Waals surface area contributed by atoms with Crippen LogP contribution >= 0.6 is 21.6 Å². The summed E-state index contributed by atoms with van der Waals surface area (Å²) in [6.07, 6.45) is -1.03. The zero-order valence-electron chi connectivity index (χ0n) is 40.2. The number of amides is 7. The second kappa shape index (κ2) is 27.9. The normalized spacial score (nSPS) is 22.5. The molecule has 2 heterocycles. The summed E-state index contributed by atoms with van der Waals surface area (Å²) in [5.74, 6) is -8.59. The number of phenols is 1. The predicted octanol–water partition coefficient (Wildman–Crippen LogP) is -1.01. The number of aliphatic hydroxyl groups is 2. The highest BCUT2D eigenvalue weighted by atomic mass is 33.1. The van der Waals surface area contributed by atoms with Crippen molar-refractivity contribution < 1.29 is 58.8 Å². The number of H-pyrrole nitrogens is 1. The number of fused-ring (bicyclic) bond motifs is 1. The number of unbranched alkanes of at least 4 members (excludes halogenated alkanes) is 1. The van der Waals surface area contributed by atoms with Crippen LogP contribution in [-0.4, -0.2) is 151 Å². The van der Waals surface area contributed by atoms with Crippen LogP contribution in [0.15, 0.2) is 85.1 Å². The number of phenolic OH excluding ortho intramolecular Hbond substituents is 1. The molecule has 4 aromatic rings. The number of aromatic nitrogens is 1. The molecule has 3 aromatic carbocycles. The van der Waals surface area contributed by atoms with Crippen LogP contribution in [0.3, 0.4) is 0 Å². The zero-order valence-corrected chi connectivity index (χ0v) is 41.9. The lowest BCUT2D eigenvalue weighted by Gasteiger charge is -2.29. The number of aromatic hydroxyl groups is 1. The number of carboxylic acids is 1. The Balaban J connectivity index is 1.58. The molecule has 1 fully saturated rings. The van der Waals surface area contributed by atoms with Gasteiger partial charge in [0.2, 0.25) is 41.4 Å². The van der Waals surface area contributed by atoms with Crippen molar-refractivity contribution in [1.29, 1.82) is 0 Å². The Labute approximate surface area is 429 Å². The summed E-state index contributed by atoms with van der Waals surface area (Å²) in [4.78, 5) is 115. The first-order chi connectivity index (χ1) is 34.8. The maximum absolute atomic E-state index is 14.7. The van der Waals surface area contributed by atoms with Crippen molar-refractivity contribution in [2.45, 2.75) is 113 Å². The van der Waals surface area contributed by atoms with E-state index >= 15 is 0 Å². The second-order valence-corrected chi connectivity index (χ2v) is 20.2. The van der Waals surface area contributed by atoms with Crippen molar-refractivity contribution in [3.05, 3.63) is 102 Å². The minimum Gasteiger partial charge on any atom is -0.508 e. The summed E-state index contributed by atoms with van der Waals surface area (Å²) in [6.45, 7) is 2.56. The Hall–Kier alpha value is -6.70. The van der Waals surface area contributed by atoms with Gasteiger partial charge in [0.05, 0.1) is 18.2 Å². The maximum Gasteiger partial charge on any atom is 0.328 e. The van der Waals surface area contributed by atoms with Gasteiger partial charge in [-0.05, 0) is 81.0 Å². The maximum atomic E-state index is 14.7. The van der Waals surface area contributed by atoms with Crippen molar-refractivity contribution >= 4 is 79.8 Å². The first-order valence-corrected chi connectivity index (χ1v) is 26.1. The Morgan fingerprint density at radius 2 is 1.34 bits per heavy atom. The van der Waals surface area contributed by atoms with E-state index in [9.17, 15) is 58.8 Å². The van der Waals surface area contributed by atoms with Crippen LogP contribution in [0.4, 0.5) is 0 Å². The smallest absolute Gasteiger partial charge is 0.328 e. The van der Waals surface area contributed by atoms with Crippen molar-refractivity contribution in [3.8, 4) is 5.75 Å². The molecular weight excluding hydrogens is 985 g/mol. The predicted molar refractivity (Wildman–Crippen MR) is 274 cm³/mol. The van der Waals surface area contributed by atoms with Gasteiger partial charge < -0.3 is 74.1 Å². The number of hydrogen-bond acceptors (Lipinski definition) is 15. The number of nitrogens with one attached hydrogen (secondary N) is 8. The van der Waals surface area contributed by atoms with Crippen molar-refractivity contribution in [1.82, 2.24) is 42.2 Å². The van der Waals surface area contributed by atoms with E-state index in [1.54, 1.807) is 42.6 Å². The number of benzene rings is 3. The Kier molecular flexibility index (Phi) is 21.9. The number of rotatable bonds is 17. The molecule has 1 aromatic heterocycles. The number of hydrogen-bond donors (Lipinski definition) is 14. The zero-order chi connectivity index (χ0) is 53.2. The average molecular weight is 1050 g/mol. The quantitative estimate of drug-likeness (QED) is 0.0445. The van der Waals surface area contributed by atoms with Crippen LogP contribution in [0.2, 0.25) is 0 Å². The molecule has 22 nitrogen and oxygen atoms in total. The number of carbonyl (C=O) groups excluding carboxylic acids is 7. The molecule has 0 bridgehead atoms. The number of aliphatic hydroxyl groups excluding tert-OH is 2. The minimum atomic E-state index is -1.82. The van der Waals surface area contributed by atoms with Crippen LogP contribution in [0, 0.1) is 0 Å². The second-order valence-electron chi connectivity index (χ2n) is 17.7. The molecule has 10 atom stereocenters. The lowest BCUT2D eigenvalue weighted by Crippen LogP contribution is -2.62. The van der Waals surface area contributed by atoms with Crippen LogP contribution in [-0.2, 0) is 57.6 Å². The molecule has 16 N–H and O–H groups in total. The largest absolute Gasteiger partial charge is 0.508 e. The highest BCUT2D eigenvalue weighted by molar-refractivity contribution is 8.76.